The number of nitrogens with zero attached hydrogens (tertiary/aromatic N) is 4. The van der Waals surface area contributed by atoms with Crippen LogP contribution in [0.15, 0.2) is 36.7 Å². The predicted octanol–water partition coefficient (Wildman–Crippen LogP) is 3.45. The van der Waals surface area contributed by atoms with Gasteiger partial charge in [-0.2, -0.15) is 13.2 Å². The molecule has 30 heavy (non-hydrogen) atoms. The number of benzene rings is 1. The van der Waals surface area contributed by atoms with E-state index in [4.69, 9.17) is 0 Å². The highest BCUT2D eigenvalue weighted by atomic mass is 19.4. The Kier molecular flexibility index (Phi) is 4.92. The van der Waals surface area contributed by atoms with Crippen molar-refractivity contribution in [3.05, 3.63) is 42.2 Å². The van der Waals surface area contributed by atoms with Gasteiger partial charge in [-0.05, 0) is 30.7 Å². The fourth-order valence-electron chi connectivity index (χ4n) is 3.55. The van der Waals surface area contributed by atoms with Crippen LogP contribution in [0.3, 0.4) is 0 Å². The Bertz CT molecular complexity index is 1120. The molecule has 0 bridgehead atoms. The number of hydrogen-bond acceptors (Lipinski definition) is 6. The minimum Gasteiger partial charge on any atom is -0.507 e. The molecule has 0 saturated carbocycles. The number of carbonyl (C=O) groups excluding carboxylic acids is 1. The second-order valence-corrected chi connectivity index (χ2v) is 7.13. The average Bonchev–Trinajstić information content (AvgIpc) is 3.03. The van der Waals surface area contributed by atoms with Crippen LogP contribution in [0.1, 0.15) is 18.4 Å². The van der Waals surface area contributed by atoms with Gasteiger partial charge in [-0.1, -0.05) is 0 Å². The number of hydrogen-bond donors (Lipinski definition) is 2. The maximum Gasteiger partial charge on any atom is 0.416 e. The summed E-state index contributed by atoms with van der Waals surface area (Å²) in [7, 11) is 1.75. The van der Waals surface area contributed by atoms with E-state index in [1.807, 2.05) is 0 Å². The molecule has 1 atom stereocenters. The summed E-state index contributed by atoms with van der Waals surface area (Å²) in [5, 5.41) is 22.9. The van der Waals surface area contributed by atoms with Crippen molar-refractivity contribution in [2.75, 3.05) is 18.9 Å². The van der Waals surface area contributed by atoms with Gasteiger partial charge in [0.25, 0.3) is 0 Å². The van der Waals surface area contributed by atoms with Gasteiger partial charge in [-0.3, -0.25) is 9.78 Å². The van der Waals surface area contributed by atoms with Gasteiger partial charge in [0.05, 0.1) is 5.56 Å². The van der Waals surface area contributed by atoms with Crippen LogP contribution < -0.4 is 5.32 Å². The van der Waals surface area contributed by atoms with E-state index in [0.29, 0.717) is 35.6 Å². The van der Waals surface area contributed by atoms with E-state index >= 15 is 0 Å². The highest BCUT2D eigenvalue weighted by Crippen LogP contribution is 2.38. The fraction of sp³-hybridized carbons (Fsp3) is 0.300. The van der Waals surface area contributed by atoms with Crippen LogP contribution in [-0.4, -0.2) is 50.7 Å². The molecule has 1 amide bonds. The Morgan fingerprint density at radius 1 is 1.23 bits per heavy atom. The monoisotopic (exact) mass is 417 g/mol. The first-order chi connectivity index (χ1) is 14.3. The lowest BCUT2D eigenvalue weighted by molar-refractivity contribution is -0.137. The standard InChI is InChI=1S/C20H18F3N5O2/c1-28-12(3-5-17(28)30)9-25-19-15-10-24-7-6-13(15)18(26-27-19)14-4-2-11(8-16(14)29)20(21,22)23/h2,4,6-8,10,12,29H,3,5,9H2,1H3,(H,25,27)/t12-/m1/s1. The molecule has 1 saturated heterocycles. The van der Waals surface area contributed by atoms with Crippen molar-refractivity contribution < 1.29 is 23.1 Å². The van der Waals surface area contributed by atoms with E-state index in [2.05, 4.69) is 20.5 Å². The summed E-state index contributed by atoms with van der Waals surface area (Å²) in [4.78, 5) is 17.5. The van der Waals surface area contributed by atoms with Gasteiger partial charge in [0.15, 0.2) is 5.82 Å². The molecule has 0 unspecified atom stereocenters. The number of amides is 1. The Labute approximate surface area is 169 Å². The topological polar surface area (TPSA) is 91.2 Å². The second kappa shape index (κ2) is 7.43. The summed E-state index contributed by atoms with van der Waals surface area (Å²) in [5.74, 6) is -0.00224. The minimum atomic E-state index is -4.56. The summed E-state index contributed by atoms with van der Waals surface area (Å²) in [6.45, 7) is 0.478. The summed E-state index contributed by atoms with van der Waals surface area (Å²) in [5.41, 5.74) is -0.562. The number of aromatic hydroxyl groups is 1. The van der Waals surface area contributed by atoms with Crippen LogP contribution >= 0.6 is 0 Å². The minimum absolute atomic E-state index is 0.0321. The molecule has 1 aliphatic rings. The maximum absolute atomic E-state index is 12.9. The molecule has 7 nitrogen and oxygen atoms in total. The van der Waals surface area contributed by atoms with Gasteiger partial charge < -0.3 is 15.3 Å². The lowest BCUT2D eigenvalue weighted by Gasteiger charge is -2.21. The summed E-state index contributed by atoms with van der Waals surface area (Å²) in [6.07, 6.45) is -0.217. The first-order valence-corrected chi connectivity index (χ1v) is 9.26. The number of fused-ring (bicyclic) bond motifs is 1. The number of rotatable bonds is 4. The molecule has 2 N–H and O–H groups in total. The van der Waals surface area contributed by atoms with Crippen LogP contribution in [0.2, 0.25) is 0 Å². The van der Waals surface area contributed by atoms with Crippen molar-refractivity contribution in [2.24, 2.45) is 0 Å². The molecule has 0 spiro atoms. The smallest absolute Gasteiger partial charge is 0.416 e. The van der Waals surface area contributed by atoms with E-state index in [-0.39, 0.29) is 23.2 Å². The van der Waals surface area contributed by atoms with E-state index < -0.39 is 17.5 Å². The van der Waals surface area contributed by atoms with Gasteiger partial charge in [-0.25, -0.2) is 0 Å². The van der Waals surface area contributed by atoms with Crippen LogP contribution in [0.5, 0.6) is 5.75 Å². The number of carbonyl (C=O) groups is 1. The summed E-state index contributed by atoms with van der Waals surface area (Å²) in [6, 6.07) is 4.43. The van der Waals surface area contributed by atoms with Crippen molar-refractivity contribution >= 4 is 22.5 Å². The summed E-state index contributed by atoms with van der Waals surface area (Å²) >= 11 is 0. The van der Waals surface area contributed by atoms with Crippen LogP contribution in [0.25, 0.3) is 22.0 Å². The number of phenolic OH excluding ortho intramolecular Hbond substituents is 1. The second-order valence-electron chi connectivity index (χ2n) is 7.13. The third-order valence-electron chi connectivity index (χ3n) is 5.30. The molecule has 156 valence electrons. The number of pyridine rings is 1. The lowest BCUT2D eigenvalue weighted by atomic mass is 10.0. The molecule has 0 radical (unpaired) electrons. The molecule has 4 rings (SSSR count). The average molecular weight is 417 g/mol. The van der Waals surface area contributed by atoms with E-state index in [9.17, 15) is 23.1 Å². The molecule has 10 heteroatoms. The molecule has 3 heterocycles. The molecule has 3 aromatic rings. The number of anilines is 1. The van der Waals surface area contributed by atoms with Crippen molar-refractivity contribution in [2.45, 2.75) is 25.1 Å². The SMILES string of the molecule is CN1C(=O)CC[C@@H]1CNc1nnc(-c2ccc(C(F)(F)F)cc2O)c2ccncc12. The Morgan fingerprint density at radius 3 is 2.70 bits per heavy atom. The number of aromatic nitrogens is 3. The van der Waals surface area contributed by atoms with Crippen LogP contribution in [0.4, 0.5) is 19.0 Å². The van der Waals surface area contributed by atoms with Gasteiger partial charge in [0.1, 0.15) is 11.4 Å². The first-order valence-electron chi connectivity index (χ1n) is 9.26. The van der Waals surface area contributed by atoms with Crippen LogP contribution in [0, 0.1) is 0 Å². The normalized spacial score (nSPS) is 17.0. The zero-order chi connectivity index (χ0) is 21.5. The van der Waals surface area contributed by atoms with E-state index in [1.54, 1.807) is 24.2 Å². The fourth-order valence-corrected chi connectivity index (χ4v) is 3.55. The van der Waals surface area contributed by atoms with E-state index in [0.717, 1.165) is 12.5 Å². The number of halogens is 3. The third kappa shape index (κ3) is 3.60. The van der Waals surface area contributed by atoms with Crippen molar-refractivity contribution in [1.82, 2.24) is 20.1 Å². The number of nitrogens with one attached hydrogen (secondary N) is 1. The highest BCUT2D eigenvalue weighted by Gasteiger charge is 2.31. The number of likely N-dealkylation sites (tertiary alicyclic amines) is 1. The van der Waals surface area contributed by atoms with Gasteiger partial charge in [0.2, 0.25) is 5.91 Å². The van der Waals surface area contributed by atoms with Crippen molar-refractivity contribution in [3.8, 4) is 17.0 Å². The molecular formula is C20H18F3N5O2. The zero-order valence-corrected chi connectivity index (χ0v) is 15.9. The van der Waals surface area contributed by atoms with Gasteiger partial charge >= 0.3 is 6.18 Å². The van der Waals surface area contributed by atoms with Crippen LogP contribution in [-0.2, 0) is 11.0 Å². The molecule has 2 aromatic heterocycles. The first kappa shape index (κ1) is 19.9. The molecule has 1 aromatic carbocycles. The Hall–Kier alpha value is -3.43. The quantitative estimate of drug-likeness (QED) is 0.676. The number of phenols is 1. The Morgan fingerprint density at radius 2 is 2.03 bits per heavy atom. The molecular weight excluding hydrogens is 399 g/mol. The molecule has 1 aliphatic heterocycles. The van der Waals surface area contributed by atoms with Gasteiger partial charge in [-0.15, -0.1) is 10.2 Å². The van der Waals surface area contributed by atoms with Gasteiger partial charge in [0, 0.05) is 54.8 Å². The predicted molar refractivity (Wildman–Crippen MR) is 104 cm³/mol. The number of alkyl halides is 3. The third-order valence-corrected chi connectivity index (χ3v) is 5.30. The van der Waals surface area contributed by atoms with Crippen molar-refractivity contribution in [1.29, 1.82) is 0 Å². The molecule has 0 aliphatic carbocycles. The summed E-state index contributed by atoms with van der Waals surface area (Å²) < 4.78 is 38.7. The maximum atomic E-state index is 12.9. The number of likely N-dealkylation sites (N-methyl/N-ethyl adjacent to an activating group) is 1. The Balaban J connectivity index is 1.69. The van der Waals surface area contributed by atoms with Crippen molar-refractivity contribution in [3.63, 3.8) is 0 Å². The lowest BCUT2D eigenvalue weighted by Crippen LogP contribution is -2.34. The van der Waals surface area contributed by atoms with E-state index in [1.165, 1.54) is 12.3 Å². The molecule has 1 fully saturated rings. The highest BCUT2D eigenvalue weighted by molar-refractivity contribution is 6.00. The zero-order valence-electron chi connectivity index (χ0n) is 15.9. The largest absolute Gasteiger partial charge is 0.507 e.